The number of carbonyl (C=O) groups excluding carboxylic acids is 1. The monoisotopic (exact) mass is 280 g/mol. The van der Waals surface area contributed by atoms with Crippen molar-refractivity contribution in [2.24, 2.45) is 0 Å². The van der Waals surface area contributed by atoms with Gasteiger partial charge in [0.2, 0.25) is 5.91 Å². The van der Waals surface area contributed by atoms with Gasteiger partial charge >= 0.3 is 0 Å². The molecule has 1 aliphatic heterocycles. The zero-order chi connectivity index (χ0) is 14.6. The smallest absolute Gasteiger partial charge is 0.250 e. The van der Waals surface area contributed by atoms with Gasteiger partial charge in [-0.1, -0.05) is 26.0 Å². The molecule has 1 aliphatic rings. The van der Waals surface area contributed by atoms with E-state index in [9.17, 15) is 9.18 Å². The molecule has 1 saturated heterocycles. The van der Waals surface area contributed by atoms with E-state index in [1.165, 1.54) is 12.1 Å². The molecular weight excluding hydrogens is 259 g/mol. The van der Waals surface area contributed by atoms with Crippen molar-refractivity contribution in [2.75, 3.05) is 26.2 Å². The van der Waals surface area contributed by atoms with Gasteiger partial charge in [-0.2, -0.15) is 0 Å². The van der Waals surface area contributed by atoms with Crippen LogP contribution in [0.1, 0.15) is 19.4 Å². The Kier molecular flexibility index (Phi) is 4.73. The molecule has 4 nitrogen and oxygen atoms in total. The molecule has 1 heterocycles. The maximum Gasteiger partial charge on any atom is 0.250 e. The minimum Gasteiger partial charge on any atom is -0.366 e. The van der Waals surface area contributed by atoms with Gasteiger partial charge in [-0.3, -0.25) is 4.79 Å². The van der Waals surface area contributed by atoms with E-state index in [1.807, 2.05) is 13.8 Å². The van der Waals surface area contributed by atoms with Crippen molar-refractivity contribution in [1.29, 1.82) is 0 Å². The highest BCUT2D eigenvalue weighted by Crippen LogP contribution is 2.22. The van der Waals surface area contributed by atoms with Crippen LogP contribution in [0, 0.1) is 5.82 Å². The van der Waals surface area contributed by atoms with Crippen LogP contribution in [-0.4, -0.2) is 38.3 Å². The van der Waals surface area contributed by atoms with Crippen molar-refractivity contribution < 1.29 is 13.9 Å². The average Bonchev–Trinajstić information content (AvgIpc) is 2.46. The summed E-state index contributed by atoms with van der Waals surface area (Å²) in [5, 5.41) is 6.03. The normalized spacial score (nSPS) is 19.6. The maximum atomic E-state index is 12.9. The van der Waals surface area contributed by atoms with Crippen molar-refractivity contribution in [3.05, 3.63) is 35.6 Å². The van der Waals surface area contributed by atoms with Gasteiger partial charge in [0.05, 0.1) is 6.61 Å². The number of hydrogen-bond donors (Lipinski definition) is 2. The van der Waals surface area contributed by atoms with Crippen LogP contribution in [0.3, 0.4) is 0 Å². The first kappa shape index (κ1) is 14.9. The molecule has 0 bridgehead atoms. The first-order valence-corrected chi connectivity index (χ1v) is 6.85. The highest BCUT2D eigenvalue weighted by molar-refractivity contribution is 5.81. The Labute approximate surface area is 118 Å². The van der Waals surface area contributed by atoms with E-state index in [2.05, 4.69) is 10.6 Å². The van der Waals surface area contributed by atoms with Crippen molar-refractivity contribution in [2.45, 2.75) is 25.4 Å². The predicted molar refractivity (Wildman–Crippen MR) is 75.0 cm³/mol. The van der Waals surface area contributed by atoms with Crippen molar-refractivity contribution in [3.63, 3.8) is 0 Å². The Morgan fingerprint density at radius 1 is 1.45 bits per heavy atom. The molecule has 1 amide bonds. The lowest BCUT2D eigenvalue weighted by molar-refractivity contribution is -0.134. The summed E-state index contributed by atoms with van der Waals surface area (Å²) in [6, 6.07) is 6.38. The Balaban J connectivity index is 1.91. The van der Waals surface area contributed by atoms with Gasteiger partial charge in [0, 0.05) is 25.0 Å². The Morgan fingerprint density at radius 2 is 2.15 bits per heavy atom. The summed E-state index contributed by atoms with van der Waals surface area (Å²) in [7, 11) is 0. The summed E-state index contributed by atoms with van der Waals surface area (Å²) in [6.07, 6.45) is -0.423. The van der Waals surface area contributed by atoms with Crippen molar-refractivity contribution >= 4 is 5.91 Å². The predicted octanol–water partition coefficient (Wildman–Crippen LogP) is 1.21. The van der Waals surface area contributed by atoms with Crippen molar-refractivity contribution in [3.8, 4) is 0 Å². The van der Waals surface area contributed by atoms with Gasteiger partial charge in [0.15, 0.2) is 0 Å². The highest BCUT2D eigenvalue weighted by Gasteiger charge is 2.25. The van der Waals surface area contributed by atoms with E-state index < -0.39 is 6.10 Å². The molecule has 0 aromatic heterocycles. The molecule has 2 rings (SSSR count). The van der Waals surface area contributed by atoms with Crippen LogP contribution in [0.15, 0.2) is 24.3 Å². The van der Waals surface area contributed by atoms with Crippen molar-refractivity contribution in [1.82, 2.24) is 10.6 Å². The summed E-state index contributed by atoms with van der Waals surface area (Å²) < 4.78 is 18.3. The molecule has 1 aromatic carbocycles. The molecule has 1 aromatic rings. The second-order valence-electron chi connectivity index (χ2n) is 5.67. The van der Waals surface area contributed by atoms with Crippen LogP contribution in [0.5, 0.6) is 0 Å². The van der Waals surface area contributed by atoms with Gasteiger partial charge in [-0.25, -0.2) is 4.39 Å². The molecule has 1 fully saturated rings. The number of halogens is 1. The molecule has 20 heavy (non-hydrogen) atoms. The quantitative estimate of drug-likeness (QED) is 0.871. The lowest BCUT2D eigenvalue weighted by Crippen LogP contribution is -2.49. The van der Waals surface area contributed by atoms with Gasteiger partial charge in [-0.15, -0.1) is 0 Å². The Morgan fingerprint density at radius 3 is 2.75 bits per heavy atom. The largest absolute Gasteiger partial charge is 0.366 e. The van der Waals surface area contributed by atoms with E-state index >= 15 is 0 Å². The van der Waals surface area contributed by atoms with Gasteiger partial charge in [-0.05, 0) is 17.7 Å². The number of nitrogens with one attached hydrogen (secondary N) is 2. The second kappa shape index (κ2) is 6.33. The molecule has 0 spiro atoms. The first-order chi connectivity index (χ1) is 9.49. The fourth-order valence-corrected chi connectivity index (χ4v) is 2.16. The van der Waals surface area contributed by atoms with E-state index in [0.717, 1.165) is 12.1 Å². The summed E-state index contributed by atoms with van der Waals surface area (Å²) in [6.45, 7) is 6.39. The van der Waals surface area contributed by atoms with Crippen LogP contribution >= 0.6 is 0 Å². The standard InChI is InChI=1S/C15H21FN2O2/c1-15(2,11-3-5-12(16)6-4-11)10-18-14(19)13-9-17-7-8-20-13/h3-6,13,17H,7-10H2,1-2H3,(H,18,19). The maximum absolute atomic E-state index is 12.9. The zero-order valence-corrected chi connectivity index (χ0v) is 11.9. The molecular formula is C15H21FN2O2. The lowest BCUT2D eigenvalue weighted by atomic mass is 9.84. The van der Waals surface area contributed by atoms with Crippen LogP contribution < -0.4 is 10.6 Å². The Bertz CT molecular complexity index is 453. The second-order valence-corrected chi connectivity index (χ2v) is 5.67. The number of benzene rings is 1. The molecule has 1 atom stereocenters. The number of amides is 1. The third kappa shape index (κ3) is 3.77. The van der Waals surface area contributed by atoms with Crippen LogP contribution in [0.2, 0.25) is 0 Å². The third-order valence-corrected chi connectivity index (χ3v) is 3.55. The number of morpholine rings is 1. The topological polar surface area (TPSA) is 50.4 Å². The number of carbonyl (C=O) groups is 1. The van der Waals surface area contributed by atoms with Crippen LogP contribution in [-0.2, 0) is 14.9 Å². The molecule has 5 heteroatoms. The minimum atomic E-state index is -0.423. The zero-order valence-electron chi connectivity index (χ0n) is 11.9. The van der Waals surface area contributed by atoms with Gasteiger partial charge in [0.25, 0.3) is 0 Å². The summed E-state index contributed by atoms with van der Waals surface area (Å²) in [5.74, 6) is -0.359. The van der Waals surface area contributed by atoms with E-state index in [4.69, 9.17) is 4.74 Å². The molecule has 110 valence electrons. The highest BCUT2D eigenvalue weighted by atomic mass is 19.1. The SMILES string of the molecule is CC(C)(CNC(=O)C1CNCCO1)c1ccc(F)cc1. The molecule has 0 saturated carbocycles. The molecule has 0 aliphatic carbocycles. The third-order valence-electron chi connectivity index (χ3n) is 3.55. The number of rotatable bonds is 4. The minimum absolute atomic E-state index is 0.104. The van der Waals surface area contributed by atoms with E-state index in [0.29, 0.717) is 19.7 Å². The fourth-order valence-electron chi connectivity index (χ4n) is 2.16. The fraction of sp³-hybridized carbons (Fsp3) is 0.533. The summed E-state index contributed by atoms with van der Waals surface area (Å²) in [5.41, 5.74) is 0.729. The summed E-state index contributed by atoms with van der Waals surface area (Å²) in [4.78, 5) is 12.0. The van der Waals surface area contributed by atoms with Crippen LogP contribution in [0.25, 0.3) is 0 Å². The van der Waals surface area contributed by atoms with E-state index in [-0.39, 0.29) is 17.1 Å². The Hall–Kier alpha value is -1.46. The number of hydrogen-bond acceptors (Lipinski definition) is 3. The average molecular weight is 280 g/mol. The van der Waals surface area contributed by atoms with Crippen LogP contribution in [0.4, 0.5) is 4.39 Å². The van der Waals surface area contributed by atoms with Gasteiger partial charge < -0.3 is 15.4 Å². The molecule has 0 radical (unpaired) electrons. The number of ether oxygens (including phenoxy) is 1. The molecule has 2 N–H and O–H groups in total. The van der Waals surface area contributed by atoms with E-state index in [1.54, 1.807) is 12.1 Å². The lowest BCUT2D eigenvalue weighted by Gasteiger charge is -2.28. The molecule has 1 unspecified atom stereocenters. The summed E-state index contributed by atoms with van der Waals surface area (Å²) >= 11 is 0. The van der Waals surface area contributed by atoms with Gasteiger partial charge in [0.1, 0.15) is 11.9 Å². The first-order valence-electron chi connectivity index (χ1n) is 6.85.